The summed E-state index contributed by atoms with van der Waals surface area (Å²) in [6, 6.07) is 1.95. The lowest BCUT2D eigenvalue weighted by Crippen LogP contribution is -2.44. The quantitative estimate of drug-likeness (QED) is 0.850. The Labute approximate surface area is 108 Å². The number of carbonyl (C=O) groups is 1. The summed E-state index contributed by atoms with van der Waals surface area (Å²) in [5, 5.41) is 3.05. The lowest BCUT2D eigenvalue weighted by atomic mass is 9.98. The van der Waals surface area contributed by atoms with Crippen LogP contribution in [0.15, 0.2) is 18.5 Å². The number of rotatable bonds is 4. The van der Waals surface area contributed by atoms with Gasteiger partial charge in [0.25, 0.3) is 5.91 Å². The van der Waals surface area contributed by atoms with Crippen LogP contribution in [0.25, 0.3) is 0 Å². The SMILES string of the molecule is Cc1cncc(C(=O)NC(CN)C2CCCC2)c1. The van der Waals surface area contributed by atoms with Gasteiger partial charge in [-0.1, -0.05) is 12.8 Å². The highest BCUT2D eigenvalue weighted by Crippen LogP contribution is 2.27. The van der Waals surface area contributed by atoms with E-state index in [0.717, 1.165) is 5.56 Å². The molecule has 1 amide bonds. The van der Waals surface area contributed by atoms with Gasteiger partial charge in [0.15, 0.2) is 0 Å². The van der Waals surface area contributed by atoms with Crippen molar-refractivity contribution >= 4 is 5.91 Å². The molecule has 1 aromatic rings. The smallest absolute Gasteiger partial charge is 0.253 e. The Kier molecular flexibility index (Phi) is 4.31. The Morgan fingerprint density at radius 2 is 2.22 bits per heavy atom. The molecule has 0 spiro atoms. The maximum atomic E-state index is 12.1. The largest absolute Gasteiger partial charge is 0.348 e. The second-order valence-corrected chi connectivity index (χ2v) is 5.11. The van der Waals surface area contributed by atoms with Crippen LogP contribution in [-0.4, -0.2) is 23.5 Å². The van der Waals surface area contributed by atoms with Crippen LogP contribution in [0.5, 0.6) is 0 Å². The molecule has 1 unspecified atom stereocenters. The summed E-state index contributed by atoms with van der Waals surface area (Å²) in [5.74, 6) is 0.477. The van der Waals surface area contributed by atoms with Crippen molar-refractivity contribution in [3.8, 4) is 0 Å². The Balaban J connectivity index is 2.00. The number of nitrogens with zero attached hydrogens (tertiary/aromatic N) is 1. The number of carbonyl (C=O) groups excluding carboxylic acids is 1. The molecule has 0 aliphatic heterocycles. The van der Waals surface area contributed by atoms with Crippen molar-refractivity contribution in [3.05, 3.63) is 29.6 Å². The number of amides is 1. The predicted molar refractivity (Wildman–Crippen MR) is 71.2 cm³/mol. The van der Waals surface area contributed by atoms with Gasteiger partial charge >= 0.3 is 0 Å². The van der Waals surface area contributed by atoms with Crippen LogP contribution in [0, 0.1) is 12.8 Å². The van der Waals surface area contributed by atoms with Gasteiger partial charge in [0.1, 0.15) is 0 Å². The van der Waals surface area contributed by atoms with Crippen molar-refractivity contribution in [2.45, 2.75) is 38.6 Å². The summed E-state index contributed by atoms with van der Waals surface area (Å²) in [6.45, 7) is 2.44. The van der Waals surface area contributed by atoms with Gasteiger partial charge in [0.05, 0.1) is 5.56 Å². The molecule has 0 aromatic carbocycles. The van der Waals surface area contributed by atoms with E-state index in [9.17, 15) is 4.79 Å². The lowest BCUT2D eigenvalue weighted by Gasteiger charge is -2.23. The molecule has 0 saturated heterocycles. The highest BCUT2D eigenvalue weighted by atomic mass is 16.1. The number of aryl methyl sites for hydroxylation is 1. The molecule has 0 bridgehead atoms. The zero-order chi connectivity index (χ0) is 13.0. The van der Waals surface area contributed by atoms with Crippen LogP contribution in [0.3, 0.4) is 0 Å². The van der Waals surface area contributed by atoms with E-state index < -0.39 is 0 Å². The van der Waals surface area contributed by atoms with Gasteiger partial charge in [0, 0.05) is 25.0 Å². The Morgan fingerprint density at radius 3 is 2.83 bits per heavy atom. The van der Waals surface area contributed by atoms with Crippen molar-refractivity contribution < 1.29 is 4.79 Å². The molecule has 1 saturated carbocycles. The molecule has 0 radical (unpaired) electrons. The van der Waals surface area contributed by atoms with Gasteiger partial charge in [-0.2, -0.15) is 0 Å². The molecule has 3 N–H and O–H groups in total. The standard InChI is InChI=1S/C14H21N3O/c1-10-6-12(9-16-8-10)14(18)17-13(7-15)11-4-2-3-5-11/h6,8-9,11,13H,2-5,7,15H2,1H3,(H,17,18). The van der Waals surface area contributed by atoms with E-state index in [1.165, 1.54) is 25.7 Å². The van der Waals surface area contributed by atoms with Gasteiger partial charge < -0.3 is 11.1 Å². The van der Waals surface area contributed by atoms with Crippen molar-refractivity contribution in [3.63, 3.8) is 0 Å². The Bertz CT molecular complexity index is 413. The van der Waals surface area contributed by atoms with Crippen molar-refractivity contribution in [2.24, 2.45) is 11.7 Å². The first-order valence-corrected chi connectivity index (χ1v) is 6.63. The van der Waals surface area contributed by atoms with Gasteiger partial charge in [-0.05, 0) is 37.3 Å². The zero-order valence-corrected chi connectivity index (χ0v) is 10.9. The number of pyridine rings is 1. The highest BCUT2D eigenvalue weighted by molar-refractivity contribution is 5.94. The summed E-state index contributed by atoms with van der Waals surface area (Å²) >= 11 is 0. The monoisotopic (exact) mass is 247 g/mol. The lowest BCUT2D eigenvalue weighted by molar-refractivity contribution is 0.0923. The average Bonchev–Trinajstić information content (AvgIpc) is 2.89. The fraction of sp³-hybridized carbons (Fsp3) is 0.571. The minimum absolute atomic E-state index is 0.0615. The minimum atomic E-state index is -0.0615. The summed E-state index contributed by atoms with van der Waals surface area (Å²) in [7, 11) is 0. The fourth-order valence-corrected chi connectivity index (χ4v) is 2.66. The minimum Gasteiger partial charge on any atom is -0.348 e. The first kappa shape index (κ1) is 13.0. The number of nitrogens with two attached hydrogens (primary N) is 1. The molecule has 1 heterocycles. The number of nitrogens with one attached hydrogen (secondary N) is 1. The first-order valence-electron chi connectivity index (χ1n) is 6.63. The second-order valence-electron chi connectivity index (χ2n) is 5.11. The van der Waals surface area contributed by atoms with E-state index >= 15 is 0 Å². The fourth-order valence-electron chi connectivity index (χ4n) is 2.66. The molecule has 1 fully saturated rings. The van der Waals surface area contributed by atoms with Gasteiger partial charge in [0.2, 0.25) is 0 Å². The van der Waals surface area contributed by atoms with Crippen LogP contribution in [0.4, 0.5) is 0 Å². The van der Waals surface area contributed by atoms with Crippen LogP contribution in [0.1, 0.15) is 41.6 Å². The van der Waals surface area contributed by atoms with Crippen LogP contribution in [-0.2, 0) is 0 Å². The molecular formula is C14H21N3O. The molecule has 1 aliphatic rings. The van der Waals surface area contributed by atoms with Gasteiger partial charge in [-0.25, -0.2) is 0 Å². The van der Waals surface area contributed by atoms with E-state index in [1.54, 1.807) is 12.4 Å². The molecule has 1 aromatic heterocycles. The molecule has 4 heteroatoms. The van der Waals surface area contributed by atoms with E-state index in [2.05, 4.69) is 10.3 Å². The van der Waals surface area contributed by atoms with E-state index in [1.807, 2.05) is 13.0 Å². The van der Waals surface area contributed by atoms with Crippen LogP contribution < -0.4 is 11.1 Å². The Morgan fingerprint density at radius 1 is 1.50 bits per heavy atom. The molecule has 2 rings (SSSR count). The van der Waals surface area contributed by atoms with Gasteiger partial charge in [-0.3, -0.25) is 9.78 Å². The maximum absolute atomic E-state index is 12.1. The molecular weight excluding hydrogens is 226 g/mol. The van der Waals surface area contributed by atoms with Crippen molar-refractivity contribution in [1.82, 2.24) is 10.3 Å². The second kappa shape index (κ2) is 5.96. The van der Waals surface area contributed by atoms with Gasteiger partial charge in [-0.15, -0.1) is 0 Å². The van der Waals surface area contributed by atoms with Crippen LogP contribution >= 0.6 is 0 Å². The topological polar surface area (TPSA) is 68.0 Å². The number of hydrogen-bond acceptors (Lipinski definition) is 3. The average molecular weight is 247 g/mol. The summed E-state index contributed by atoms with van der Waals surface area (Å²) in [5.41, 5.74) is 7.39. The molecule has 1 atom stereocenters. The summed E-state index contributed by atoms with van der Waals surface area (Å²) in [6.07, 6.45) is 8.20. The van der Waals surface area contributed by atoms with Crippen molar-refractivity contribution in [1.29, 1.82) is 0 Å². The van der Waals surface area contributed by atoms with E-state index in [4.69, 9.17) is 5.73 Å². The molecule has 1 aliphatic carbocycles. The third kappa shape index (κ3) is 3.07. The summed E-state index contributed by atoms with van der Waals surface area (Å²) < 4.78 is 0. The Hall–Kier alpha value is -1.42. The number of aromatic nitrogens is 1. The van der Waals surface area contributed by atoms with Crippen molar-refractivity contribution in [2.75, 3.05) is 6.54 Å². The zero-order valence-electron chi connectivity index (χ0n) is 10.9. The first-order chi connectivity index (χ1) is 8.70. The maximum Gasteiger partial charge on any atom is 0.253 e. The molecule has 18 heavy (non-hydrogen) atoms. The molecule has 4 nitrogen and oxygen atoms in total. The third-order valence-electron chi connectivity index (χ3n) is 3.68. The summed E-state index contributed by atoms with van der Waals surface area (Å²) in [4.78, 5) is 16.2. The van der Waals surface area contributed by atoms with Crippen LogP contribution in [0.2, 0.25) is 0 Å². The highest BCUT2D eigenvalue weighted by Gasteiger charge is 2.25. The van der Waals surface area contributed by atoms with E-state index in [0.29, 0.717) is 18.0 Å². The predicted octanol–water partition coefficient (Wildman–Crippen LogP) is 1.64. The third-order valence-corrected chi connectivity index (χ3v) is 3.68. The van der Waals surface area contributed by atoms with E-state index in [-0.39, 0.29) is 11.9 Å². The normalized spacial score (nSPS) is 17.7. The molecule has 98 valence electrons. The number of hydrogen-bond donors (Lipinski definition) is 2.